The first-order valence-electron chi connectivity index (χ1n) is 11.3. The molecule has 176 valence electrons. The molecule has 9 nitrogen and oxygen atoms in total. The zero-order chi connectivity index (χ0) is 23.4. The van der Waals surface area contributed by atoms with Crippen LogP contribution in [-0.4, -0.2) is 66.2 Å². The number of sulfone groups is 1. The first-order chi connectivity index (χ1) is 15.7. The molecule has 3 heterocycles. The minimum absolute atomic E-state index is 0.0570. The van der Waals surface area contributed by atoms with Crippen LogP contribution in [0.4, 0.5) is 4.79 Å². The van der Waals surface area contributed by atoms with Gasteiger partial charge in [-0.15, -0.1) is 0 Å². The van der Waals surface area contributed by atoms with Gasteiger partial charge in [-0.25, -0.2) is 13.2 Å². The van der Waals surface area contributed by atoms with E-state index in [0.717, 1.165) is 36.0 Å². The van der Waals surface area contributed by atoms with E-state index in [2.05, 4.69) is 5.32 Å². The van der Waals surface area contributed by atoms with Crippen LogP contribution in [-0.2, 0) is 25.0 Å². The Morgan fingerprint density at radius 2 is 1.91 bits per heavy atom. The number of imide groups is 1. The van der Waals surface area contributed by atoms with Crippen molar-refractivity contribution in [2.45, 2.75) is 56.7 Å². The van der Waals surface area contributed by atoms with Crippen LogP contribution in [0.3, 0.4) is 0 Å². The maximum atomic E-state index is 13.4. The molecule has 1 aliphatic carbocycles. The van der Waals surface area contributed by atoms with Crippen molar-refractivity contribution in [3.63, 3.8) is 0 Å². The standard InChI is InChI=1S/C23H27N3O6S/c1-23(19-12-15-6-2-5-9-18(15)32-19)21(28)25(22(29)24-23)13-20(27)26(16-7-3-4-8-16)17-10-11-33(30,31)14-17/h2,5-6,9,12,16-17H,3-4,7-8,10-11,13-14H2,1H3,(H,24,29). The van der Waals surface area contributed by atoms with E-state index in [4.69, 9.17) is 4.42 Å². The van der Waals surface area contributed by atoms with Crippen LogP contribution in [0.15, 0.2) is 34.7 Å². The van der Waals surface area contributed by atoms with Gasteiger partial charge in [0.05, 0.1) is 11.5 Å². The average Bonchev–Trinajstić information content (AvgIpc) is 3.54. The topological polar surface area (TPSA) is 117 Å². The molecular formula is C23H27N3O6S. The molecule has 0 radical (unpaired) electrons. The molecule has 33 heavy (non-hydrogen) atoms. The summed E-state index contributed by atoms with van der Waals surface area (Å²) in [6.07, 6.45) is 3.95. The Kier molecular flexibility index (Phi) is 5.23. The third kappa shape index (κ3) is 3.80. The highest BCUT2D eigenvalue weighted by molar-refractivity contribution is 7.91. The number of hydrogen-bond acceptors (Lipinski definition) is 6. The van der Waals surface area contributed by atoms with Gasteiger partial charge in [-0.2, -0.15) is 0 Å². The van der Waals surface area contributed by atoms with Gasteiger partial charge in [0.1, 0.15) is 17.9 Å². The smallest absolute Gasteiger partial charge is 0.325 e. The average molecular weight is 474 g/mol. The number of rotatable bonds is 5. The number of urea groups is 1. The maximum Gasteiger partial charge on any atom is 0.325 e. The minimum Gasteiger partial charge on any atom is -0.458 e. The van der Waals surface area contributed by atoms with Gasteiger partial charge in [-0.1, -0.05) is 31.0 Å². The Labute approximate surface area is 192 Å². The zero-order valence-electron chi connectivity index (χ0n) is 18.5. The number of carbonyl (C=O) groups excluding carboxylic acids is 3. The summed E-state index contributed by atoms with van der Waals surface area (Å²) >= 11 is 0. The molecule has 1 aromatic carbocycles. The van der Waals surface area contributed by atoms with Crippen molar-refractivity contribution in [1.82, 2.24) is 15.1 Å². The first kappa shape index (κ1) is 21.9. The number of carbonyl (C=O) groups is 3. The summed E-state index contributed by atoms with van der Waals surface area (Å²) in [7, 11) is -3.19. The number of para-hydroxylation sites is 1. The second-order valence-electron chi connectivity index (χ2n) is 9.39. The molecule has 1 aromatic heterocycles. The van der Waals surface area contributed by atoms with Crippen molar-refractivity contribution < 1.29 is 27.2 Å². The maximum absolute atomic E-state index is 13.4. The van der Waals surface area contributed by atoms with Gasteiger partial charge in [0.25, 0.3) is 5.91 Å². The van der Waals surface area contributed by atoms with Gasteiger partial charge in [-0.05, 0) is 38.3 Å². The van der Waals surface area contributed by atoms with Gasteiger partial charge in [-0.3, -0.25) is 14.5 Å². The summed E-state index contributed by atoms with van der Waals surface area (Å²) in [6.45, 7) is 1.14. The molecule has 10 heteroatoms. The quantitative estimate of drug-likeness (QED) is 0.665. The summed E-state index contributed by atoms with van der Waals surface area (Å²) in [5.74, 6) is -0.661. The molecule has 0 bridgehead atoms. The normalized spacial score (nSPS) is 27.4. The molecule has 1 N–H and O–H groups in total. The molecule has 2 aliphatic heterocycles. The lowest BCUT2D eigenvalue weighted by atomic mass is 9.99. The van der Waals surface area contributed by atoms with Crippen molar-refractivity contribution in [2.75, 3.05) is 18.1 Å². The van der Waals surface area contributed by atoms with Crippen LogP contribution in [0, 0.1) is 0 Å². The fourth-order valence-electron chi connectivity index (χ4n) is 5.34. The van der Waals surface area contributed by atoms with E-state index in [9.17, 15) is 22.8 Å². The van der Waals surface area contributed by atoms with Crippen LogP contribution < -0.4 is 5.32 Å². The monoisotopic (exact) mass is 473 g/mol. The van der Waals surface area contributed by atoms with E-state index < -0.39 is 39.9 Å². The Morgan fingerprint density at radius 1 is 1.18 bits per heavy atom. The van der Waals surface area contributed by atoms with Crippen LogP contribution in [0.5, 0.6) is 0 Å². The van der Waals surface area contributed by atoms with Gasteiger partial charge < -0.3 is 14.6 Å². The highest BCUT2D eigenvalue weighted by atomic mass is 32.2. The highest BCUT2D eigenvalue weighted by Gasteiger charge is 2.52. The molecule has 2 unspecified atom stereocenters. The van der Waals surface area contributed by atoms with Gasteiger partial charge in [0, 0.05) is 17.5 Å². The molecule has 1 saturated carbocycles. The minimum atomic E-state index is -3.19. The second kappa shape index (κ2) is 7.86. The van der Waals surface area contributed by atoms with Crippen LogP contribution in [0.25, 0.3) is 11.0 Å². The lowest BCUT2D eigenvalue weighted by Crippen LogP contribution is -2.51. The Balaban J connectivity index is 1.38. The summed E-state index contributed by atoms with van der Waals surface area (Å²) in [6, 6.07) is 7.88. The number of fused-ring (bicyclic) bond motifs is 1. The molecule has 2 aromatic rings. The van der Waals surface area contributed by atoms with Crippen LogP contribution in [0.2, 0.25) is 0 Å². The van der Waals surface area contributed by atoms with E-state index in [-0.39, 0.29) is 23.5 Å². The summed E-state index contributed by atoms with van der Waals surface area (Å²) < 4.78 is 30.0. The van der Waals surface area contributed by atoms with Crippen molar-refractivity contribution >= 4 is 38.7 Å². The molecular weight excluding hydrogens is 446 g/mol. The molecule has 0 spiro atoms. The molecule has 3 fully saturated rings. The van der Waals surface area contributed by atoms with Crippen molar-refractivity contribution in [3.8, 4) is 0 Å². The third-order valence-corrected chi connectivity index (χ3v) is 8.84. The van der Waals surface area contributed by atoms with Gasteiger partial charge in [0.2, 0.25) is 5.91 Å². The lowest BCUT2D eigenvalue weighted by Gasteiger charge is -2.35. The zero-order valence-corrected chi connectivity index (χ0v) is 19.3. The molecule has 5 rings (SSSR count). The number of nitrogens with one attached hydrogen (secondary N) is 1. The number of benzene rings is 1. The van der Waals surface area contributed by atoms with Crippen molar-refractivity contribution in [3.05, 3.63) is 36.1 Å². The van der Waals surface area contributed by atoms with E-state index >= 15 is 0 Å². The first-order valence-corrected chi connectivity index (χ1v) is 13.1. The number of hydrogen-bond donors (Lipinski definition) is 1. The fraction of sp³-hybridized carbons (Fsp3) is 0.522. The Hall–Kier alpha value is -2.88. The van der Waals surface area contributed by atoms with Crippen molar-refractivity contribution in [1.29, 1.82) is 0 Å². The molecule has 2 atom stereocenters. The molecule has 2 saturated heterocycles. The van der Waals surface area contributed by atoms with Crippen LogP contribution in [0.1, 0.15) is 44.8 Å². The molecule has 4 amide bonds. The fourth-order valence-corrected chi connectivity index (χ4v) is 7.05. The summed E-state index contributed by atoms with van der Waals surface area (Å²) in [5.41, 5.74) is -0.828. The van der Waals surface area contributed by atoms with E-state index in [1.165, 1.54) is 0 Å². The summed E-state index contributed by atoms with van der Waals surface area (Å²) in [4.78, 5) is 42.1. The third-order valence-electron chi connectivity index (χ3n) is 7.09. The lowest BCUT2D eigenvalue weighted by molar-refractivity contribution is -0.141. The van der Waals surface area contributed by atoms with Crippen LogP contribution >= 0.6 is 0 Å². The number of nitrogens with zero attached hydrogens (tertiary/aromatic N) is 2. The Bertz CT molecular complexity index is 1200. The molecule has 3 aliphatic rings. The van der Waals surface area contributed by atoms with E-state index in [0.29, 0.717) is 17.8 Å². The predicted octanol–water partition coefficient (Wildman–Crippen LogP) is 2.16. The second-order valence-corrected chi connectivity index (χ2v) is 11.6. The van der Waals surface area contributed by atoms with Crippen molar-refractivity contribution in [2.24, 2.45) is 0 Å². The Morgan fingerprint density at radius 3 is 2.58 bits per heavy atom. The van der Waals surface area contributed by atoms with Gasteiger partial charge >= 0.3 is 6.03 Å². The van der Waals surface area contributed by atoms with E-state index in [1.807, 2.05) is 18.2 Å². The number of furan rings is 1. The SMILES string of the molecule is CC1(c2cc3ccccc3o2)NC(=O)N(CC(=O)N(C2CCCC2)C2CCS(=O)(=O)C2)C1=O. The van der Waals surface area contributed by atoms with E-state index in [1.54, 1.807) is 24.0 Å². The predicted molar refractivity (Wildman–Crippen MR) is 120 cm³/mol. The highest BCUT2D eigenvalue weighted by Crippen LogP contribution is 2.34. The van der Waals surface area contributed by atoms with Gasteiger partial charge in [0.15, 0.2) is 15.4 Å². The largest absolute Gasteiger partial charge is 0.458 e. The number of amides is 4. The summed E-state index contributed by atoms with van der Waals surface area (Å²) in [5, 5.41) is 3.49.